The molecule has 2 heterocycles. The first-order chi connectivity index (χ1) is 12.5. The second kappa shape index (κ2) is 8.09. The normalized spacial score (nSPS) is 19.3. The Morgan fingerprint density at radius 2 is 1.96 bits per heavy atom. The van der Waals surface area contributed by atoms with Gasteiger partial charge in [0.2, 0.25) is 5.91 Å². The summed E-state index contributed by atoms with van der Waals surface area (Å²) < 4.78 is 17.5. The van der Waals surface area contributed by atoms with Crippen molar-refractivity contribution in [1.82, 2.24) is 10.3 Å². The van der Waals surface area contributed by atoms with E-state index in [1.165, 1.54) is 0 Å². The van der Waals surface area contributed by atoms with Crippen molar-refractivity contribution >= 4 is 27.8 Å². The highest BCUT2D eigenvalue weighted by molar-refractivity contribution is 8.02. The first-order valence-electron chi connectivity index (χ1n) is 8.14. The van der Waals surface area contributed by atoms with Gasteiger partial charge in [-0.15, -0.1) is 0 Å². The first-order valence-corrected chi connectivity index (χ1v) is 9.35. The summed E-state index contributed by atoms with van der Waals surface area (Å²) in [6.07, 6.45) is 2.00. The van der Waals surface area contributed by atoms with Crippen molar-refractivity contribution in [2.75, 3.05) is 25.1 Å². The number of likely N-dealkylation sites (N-methyl/N-ethyl adjacent to an activating group) is 1. The number of amides is 2. The lowest BCUT2D eigenvalue weighted by Gasteiger charge is -2.18. The molecule has 2 atom stereocenters. The van der Waals surface area contributed by atoms with E-state index < -0.39 is 27.2 Å². The number of imide groups is 1. The van der Waals surface area contributed by atoms with Gasteiger partial charge in [0.25, 0.3) is 0 Å². The van der Waals surface area contributed by atoms with Gasteiger partial charge < -0.3 is 9.64 Å². The Kier molecular flexibility index (Phi) is 5.62. The van der Waals surface area contributed by atoms with Crippen LogP contribution in [-0.2, 0) is 22.0 Å². The van der Waals surface area contributed by atoms with Crippen LogP contribution in [0.3, 0.4) is 0 Å². The van der Waals surface area contributed by atoms with Crippen LogP contribution in [0.2, 0.25) is 0 Å². The molecule has 0 aliphatic carbocycles. The van der Waals surface area contributed by atoms with E-state index in [0.717, 1.165) is 11.4 Å². The lowest BCUT2D eigenvalue weighted by atomic mass is 10.1. The molecule has 136 valence electrons. The van der Waals surface area contributed by atoms with Crippen molar-refractivity contribution in [3.05, 3.63) is 54.2 Å². The van der Waals surface area contributed by atoms with Gasteiger partial charge in [0.1, 0.15) is 34.2 Å². The molecule has 1 N–H and O–H groups in total. The number of carbonyl (C=O) groups excluding carboxylic acids is 2. The number of nitrogens with one attached hydrogen (secondary N) is 1. The van der Waals surface area contributed by atoms with E-state index in [9.17, 15) is 13.8 Å². The highest BCUT2D eigenvalue weighted by Gasteiger charge is 2.38. The van der Waals surface area contributed by atoms with Crippen LogP contribution in [0.5, 0.6) is 5.75 Å². The molecule has 1 aromatic carbocycles. The molecule has 3 rings (SSSR count). The first kappa shape index (κ1) is 18.1. The lowest BCUT2D eigenvalue weighted by Crippen LogP contribution is -2.26. The minimum absolute atomic E-state index is 0.257. The Balaban J connectivity index is 1.49. The van der Waals surface area contributed by atoms with Gasteiger partial charge >= 0.3 is 5.24 Å². The third-order valence-electron chi connectivity index (χ3n) is 4.04. The fourth-order valence-electron chi connectivity index (χ4n) is 2.56. The number of hydrogen-bond donors (Lipinski definition) is 1. The average molecular weight is 373 g/mol. The second-order valence-corrected chi connectivity index (χ2v) is 7.40. The maximum atomic E-state index is 11.8. The summed E-state index contributed by atoms with van der Waals surface area (Å²) in [5.41, 5.74) is 0.825. The molecular formula is C18H19N3O4S. The number of hydrogen-bond acceptors (Lipinski definition) is 6. The summed E-state index contributed by atoms with van der Waals surface area (Å²) in [4.78, 5) is 29.2. The molecule has 1 aliphatic rings. The van der Waals surface area contributed by atoms with Crippen molar-refractivity contribution in [1.29, 1.82) is 0 Å². The van der Waals surface area contributed by atoms with E-state index in [1.54, 1.807) is 18.3 Å². The summed E-state index contributed by atoms with van der Waals surface area (Å²) in [6, 6.07) is 13.0. The maximum absolute atomic E-state index is 11.8. The third-order valence-corrected chi connectivity index (χ3v) is 5.40. The fraction of sp³-hybridized carbons (Fsp3) is 0.278. The van der Waals surface area contributed by atoms with Gasteiger partial charge in [0.15, 0.2) is 0 Å². The van der Waals surface area contributed by atoms with Gasteiger partial charge in [0.05, 0.1) is 6.54 Å². The minimum Gasteiger partial charge on any atom is -0.492 e. The third kappa shape index (κ3) is 4.26. The van der Waals surface area contributed by atoms with E-state index in [4.69, 9.17) is 4.74 Å². The maximum Gasteiger partial charge on any atom is 0.316 e. The molecule has 1 aliphatic heterocycles. The van der Waals surface area contributed by atoms with Gasteiger partial charge in [-0.25, -0.2) is 9.19 Å². The summed E-state index contributed by atoms with van der Waals surface area (Å²) in [5, 5.41) is 0.558. The SMILES string of the molecule is CN(CCOc1ccc(CC2C(=O)NC(=O)S2=O)cc1)c1ccccn1. The van der Waals surface area contributed by atoms with Crippen molar-refractivity contribution in [3.8, 4) is 5.75 Å². The molecule has 0 saturated carbocycles. The molecule has 8 heteroatoms. The zero-order chi connectivity index (χ0) is 18.5. The molecule has 2 amide bonds. The van der Waals surface area contributed by atoms with Crippen LogP contribution in [0.1, 0.15) is 5.56 Å². The average Bonchev–Trinajstić information content (AvgIpc) is 2.90. The Morgan fingerprint density at radius 1 is 1.19 bits per heavy atom. The molecule has 2 aromatic rings. The minimum atomic E-state index is -1.81. The van der Waals surface area contributed by atoms with Crippen LogP contribution in [0.4, 0.5) is 10.6 Å². The Bertz CT molecular complexity index is 811. The van der Waals surface area contributed by atoms with Crippen LogP contribution in [0.25, 0.3) is 0 Å². The number of aromatic nitrogens is 1. The van der Waals surface area contributed by atoms with Gasteiger partial charge in [-0.3, -0.25) is 14.9 Å². The van der Waals surface area contributed by atoms with Crippen molar-refractivity contribution < 1.29 is 18.5 Å². The molecule has 1 saturated heterocycles. The largest absolute Gasteiger partial charge is 0.492 e. The van der Waals surface area contributed by atoms with Gasteiger partial charge in [0, 0.05) is 13.2 Å². The molecule has 1 fully saturated rings. The number of nitrogens with zero attached hydrogens (tertiary/aromatic N) is 2. The molecule has 2 unspecified atom stereocenters. The van der Waals surface area contributed by atoms with E-state index >= 15 is 0 Å². The fourth-order valence-corrected chi connectivity index (χ4v) is 3.61. The number of pyridine rings is 1. The number of benzene rings is 1. The predicted molar refractivity (Wildman–Crippen MR) is 98.6 cm³/mol. The van der Waals surface area contributed by atoms with Crippen LogP contribution in [0.15, 0.2) is 48.7 Å². The van der Waals surface area contributed by atoms with Crippen molar-refractivity contribution in [2.24, 2.45) is 0 Å². The highest BCUT2D eigenvalue weighted by Crippen LogP contribution is 2.17. The van der Waals surface area contributed by atoms with Crippen LogP contribution >= 0.6 is 0 Å². The van der Waals surface area contributed by atoms with E-state index in [-0.39, 0.29) is 6.42 Å². The summed E-state index contributed by atoms with van der Waals surface area (Å²) in [5.74, 6) is 1.10. The number of anilines is 1. The topological polar surface area (TPSA) is 88.6 Å². The number of carbonyl (C=O) groups is 2. The van der Waals surface area contributed by atoms with E-state index in [2.05, 4.69) is 10.3 Å². The van der Waals surface area contributed by atoms with Gasteiger partial charge in [-0.05, 0) is 36.2 Å². The predicted octanol–water partition coefficient (Wildman–Crippen LogP) is 1.51. The summed E-state index contributed by atoms with van der Waals surface area (Å²) in [7, 11) is 0.135. The molecule has 1 aromatic heterocycles. The number of ether oxygens (including phenoxy) is 1. The highest BCUT2D eigenvalue weighted by atomic mass is 32.2. The Morgan fingerprint density at radius 3 is 2.58 bits per heavy atom. The number of rotatable bonds is 7. The molecule has 0 radical (unpaired) electrons. The zero-order valence-corrected chi connectivity index (χ0v) is 15.1. The molecule has 26 heavy (non-hydrogen) atoms. The monoisotopic (exact) mass is 373 g/mol. The van der Waals surface area contributed by atoms with Crippen molar-refractivity contribution in [2.45, 2.75) is 11.7 Å². The van der Waals surface area contributed by atoms with Crippen molar-refractivity contribution in [3.63, 3.8) is 0 Å². The molecular weight excluding hydrogens is 354 g/mol. The summed E-state index contributed by atoms with van der Waals surface area (Å²) in [6.45, 7) is 1.18. The van der Waals surface area contributed by atoms with Crippen LogP contribution in [0, 0.1) is 0 Å². The Labute approximate surface area is 153 Å². The van der Waals surface area contributed by atoms with Gasteiger partial charge in [-0.1, -0.05) is 18.2 Å². The van der Waals surface area contributed by atoms with Crippen LogP contribution in [-0.4, -0.2) is 45.8 Å². The second-order valence-electron chi connectivity index (χ2n) is 5.87. The molecule has 7 nitrogen and oxygen atoms in total. The summed E-state index contributed by atoms with van der Waals surface area (Å²) >= 11 is 0. The molecule has 0 spiro atoms. The molecule has 0 bridgehead atoms. The quantitative estimate of drug-likeness (QED) is 0.791. The van der Waals surface area contributed by atoms with Crippen LogP contribution < -0.4 is 15.0 Å². The standard InChI is InChI=1S/C18H19N3O4S/c1-21(16-4-2-3-9-19-16)10-11-25-14-7-5-13(6-8-14)12-15-17(22)20-18(23)26(15)24/h2-9,15H,10-12H2,1H3,(H,20,22,23). The lowest BCUT2D eigenvalue weighted by molar-refractivity contribution is -0.119. The Hall–Kier alpha value is -2.74. The smallest absolute Gasteiger partial charge is 0.316 e. The van der Waals surface area contributed by atoms with Gasteiger partial charge in [-0.2, -0.15) is 0 Å². The zero-order valence-electron chi connectivity index (χ0n) is 14.3. The van der Waals surface area contributed by atoms with E-state index in [0.29, 0.717) is 18.9 Å². The van der Waals surface area contributed by atoms with E-state index in [1.807, 2.05) is 42.3 Å².